The van der Waals surface area contributed by atoms with E-state index in [4.69, 9.17) is 27.9 Å². The molecule has 158 valence electrons. The number of aromatic nitrogens is 3. The zero-order chi connectivity index (χ0) is 22.1. The fraction of sp³-hybridized carbons (Fsp3) is 0.143. The van der Waals surface area contributed by atoms with Crippen molar-refractivity contribution < 1.29 is 9.53 Å². The number of carbonyl (C=O) groups excluding carboxylic acids is 1. The first-order chi connectivity index (χ1) is 14.9. The normalized spacial score (nSPS) is 11.0. The first-order valence-electron chi connectivity index (χ1n) is 9.13. The van der Waals surface area contributed by atoms with E-state index in [0.29, 0.717) is 31.9 Å². The van der Waals surface area contributed by atoms with Crippen LogP contribution in [-0.2, 0) is 11.3 Å². The second-order valence-electron chi connectivity index (χ2n) is 6.63. The summed E-state index contributed by atoms with van der Waals surface area (Å²) in [6.45, 7) is 1.54. The summed E-state index contributed by atoms with van der Waals surface area (Å²) >= 11 is 13.3. The molecule has 0 aliphatic rings. The average molecular weight is 475 g/mol. The number of anilines is 1. The number of nitrogens with one attached hydrogen (secondary N) is 1. The van der Waals surface area contributed by atoms with Crippen LogP contribution in [0.15, 0.2) is 47.3 Å². The van der Waals surface area contributed by atoms with Crippen LogP contribution in [0.2, 0.25) is 10.0 Å². The van der Waals surface area contributed by atoms with Crippen molar-refractivity contribution in [2.45, 2.75) is 13.5 Å². The van der Waals surface area contributed by atoms with Crippen LogP contribution in [0.3, 0.4) is 0 Å². The van der Waals surface area contributed by atoms with E-state index < -0.39 is 11.5 Å². The summed E-state index contributed by atoms with van der Waals surface area (Å²) in [6, 6.07) is 12.1. The third-order valence-electron chi connectivity index (χ3n) is 4.47. The summed E-state index contributed by atoms with van der Waals surface area (Å²) < 4.78 is 7.00. The van der Waals surface area contributed by atoms with Crippen LogP contribution < -0.4 is 15.6 Å². The SMILES string of the molecule is COc1ccc(-c2nn(CC(=O)Nc3ccc(Cl)c(Cl)c3)c(=O)c3nc(C)sc23)cc1. The molecule has 0 saturated carbocycles. The van der Waals surface area contributed by atoms with E-state index in [-0.39, 0.29) is 12.1 Å². The van der Waals surface area contributed by atoms with Crippen LogP contribution in [0.5, 0.6) is 5.75 Å². The van der Waals surface area contributed by atoms with Gasteiger partial charge in [0.15, 0.2) is 5.52 Å². The van der Waals surface area contributed by atoms with Gasteiger partial charge in [-0.15, -0.1) is 11.3 Å². The number of aryl methyl sites for hydroxylation is 1. The van der Waals surface area contributed by atoms with Crippen molar-refractivity contribution in [2.24, 2.45) is 0 Å². The van der Waals surface area contributed by atoms with Gasteiger partial charge in [-0.25, -0.2) is 9.67 Å². The van der Waals surface area contributed by atoms with Crippen molar-refractivity contribution in [1.29, 1.82) is 0 Å². The highest BCUT2D eigenvalue weighted by Crippen LogP contribution is 2.30. The maximum atomic E-state index is 12.9. The quantitative estimate of drug-likeness (QED) is 0.449. The molecule has 2 aromatic carbocycles. The minimum Gasteiger partial charge on any atom is -0.497 e. The maximum Gasteiger partial charge on any atom is 0.294 e. The Kier molecular flexibility index (Phi) is 5.95. The smallest absolute Gasteiger partial charge is 0.294 e. The summed E-state index contributed by atoms with van der Waals surface area (Å²) in [6.07, 6.45) is 0. The zero-order valence-corrected chi connectivity index (χ0v) is 18.8. The van der Waals surface area contributed by atoms with Gasteiger partial charge in [-0.2, -0.15) is 5.10 Å². The Balaban J connectivity index is 1.71. The lowest BCUT2D eigenvalue weighted by atomic mass is 10.1. The molecule has 2 heterocycles. The molecule has 4 aromatic rings. The van der Waals surface area contributed by atoms with E-state index in [0.717, 1.165) is 15.3 Å². The van der Waals surface area contributed by atoms with Gasteiger partial charge in [0.25, 0.3) is 5.56 Å². The number of ether oxygens (including phenoxy) is 1. The van der Waals surface area contributed by atoms with E-state index in [2.05, 4.69) is 15.4 Å². The van der Waals surface area contributed by atoms with Crippen LogP contribution in [0.25, 0.3) is 21.5 Å². The zero-order valence-electron chi connectivity index (χ0n) is 16.5. The topological polar surface area (TPSA) is 86.1 Å². The maximum absolute atomic E-state index is 12.9. The van der Waals surface area contributed by atoms with Crippen LogP contribution >= 0.6 is 34.5 Å². The Bertz CT molecular complexity index is 1350. The Labute approximate surface area is 191 Å². The predicted molar refractivity (Wildman–Crippen MR) is 123 cm³/mol. The third-order valence-corrected chi connectivity index (χ3v) is 6.18. The van der Waals surface area contributed by atoms with E-state index in [1.165, 1.54) is 17.4 Å². The Morgan fingerprint density at radius 3 is 2.58 bits per heavy atom. The van der Waals surface area contributed by atoms with E-state index >= 15 is 0 Å². The summed E-state index contributed by atoms with van der Waals surface area (Å²) in [7, 11) is 1.59. The molecule has 0 spiro atoms. The highest BCUT2D eigenvalue weighted by Gasteiger charge is 2.18. The first-order valence-corrected chi connectivity index (χ1v) is 10.7. The van der Waals surface area contributed by atoms with E-state index in [9.17, 15) is 9.59 Å². The summed E-state index contributed by atoms with van der Waals surface area (Å²) in [4.78, 5) is 29.9. The van der Waals surface area contributed by atoms with Gasteiger partial charge in [-0.1, -0.05) is 23.2 Å². The van der Waals surface area contributed by atoms with Crippen LogP contribution in [0, 0.1) is 6.92 Å². The molecule has 0 bridgehead atoms. The third kappa shape index (κ3) is 4.41. The van der Waals surface area contributed by atoms with Gasteiger partial charge in [0.2, 0.25) is 5.91 Å². The van der Waals surface area contributed by atoms with Crippen molar-refractivity contribution in [3.05, 3.63) is 67.9 Å². The molecule has 0 atom stereocenters. The van der Waals surface area contributed by atoms with Crippen LogP contribution in [0.4, 0.5) is 5.69 Å². The van der Waals surface area contributed by atoms with E-state index in [1.807, 2.05) is 31.2 Å². The fourth-order valence-electron chi connectivity index (χ4n) is 3.02. The number of hydrogen-bond acceptors (Lipinski definition) is 6. The summed E-state index contributed by atoms with van der Waals surface area (Å²) in [5, 5.41) is 8.61. The van der Waals surface area contributed by atoms with Gasteiger partial charge in [0, 0.05) is 11.3 Å². The second-order valence-corrected chi connectivity index (χ2v) is 8.65. The number of methoxy groups -OCH3 is 1. The molecule has 0 saturated heterocycles. The molecule has 0 aliphatic carbocycles. The number of thiazole rings is 1. The highest BCUT2D eigenvalue weighted by atomic mass is 35.5. The van der Waals surface area contributed by atoms with E-state index in [1.54, 1.807) is 19.2 Å². The van der Waals surface area contributed by atoms with Gasteiger partial charge >= 0.3 is 0 Å². The number of nitrogens with zero attached hydrogens (tertiary/aromatic N) is 3. The molecule has 31 heavy (non-hydrogen) atoms. The van der Waals surface area contributed by atoms with Crippen molar-refractivity contribution >= 4 is 56.3 Å². The number of hydrogen-bond donors (Lipinski definition) is 1. The molecule has 0 radical (unpaired) electrons. The Morgan fingerprint density at radius 1 is 1.16 bits per heavy atom. The second kappa shape index (κ2) is 8.66. The van der Waals surface area contributed by atoms with Gasteiger partial charge in [0.1, 0.15) is 18.0 Å². The van der Waals surface area contributed by atoms with Crippen LogP contribution in [0.1, 0.15) is 5.01 Å². The molecule has 2 aromatic heterocycles. The standard InChI is InChI=1S/C21H16Cl2N4O3S/c1-11-24-19-20(31-11)18(12-3-6-14(30-2)7-4-12)26-27(21(19)29)10-17(28)25-13-5-8-15(22)16(23)9-13/h3-9H,10H2,1-2H3,(H,25,28). The monoisotopic (exact) mass is 474 g/mol. The van der Waals surface area contributed by atoms with Crippen LogP contribution in [-0.4, -0.2) is 27.8 Å². The van der Waals surface area contributed by atoms with Gasteiger partial charge in [-0.3, -0.25) is 9.59 Å². The fourth-order valence-corrected chi connectivity index (χ4v) is 4.24. The molecule has 4 rings (SSSR count). The molecular formula is C21H16Cl2N4O3S. The predicted octanol–water partition coefficient (Wildman–Crippen LogP) is 4.78. The van der Waals surface area contributed by atoms with Gasteiger partial charge in [-0.05, 0) is 49.4 Å². The van der Waals surface area contributed by atoms with Crippen molar-refractivity contribution in [3.8, 4) is 17.0 Å². The number of benzene rings is 2. The van der Waals surface area contributed by atoms with Gasteiger partial charge < -0.3 is 10.1 Å². The molecule has 7 nitrogen and oxygen atoms in total. The molecule has 0 aliphatic heterocycles. The highest BCUT2D eigenvalue weighted by molar-refractivity contribution is 7.19. The average Bonchev–Trinajstić information content (AvgIpc) is 3.15. The van der Waals surface area contributed by atoms with Crippen molar-refractivity contribution in [1.82, 2.24) is 14.8 Å². The molecule has 0 fully saturated rings. The molecule has 0 unspecified atom stereocenters. The number of carbonyl (C=O) groups is 1. The largest absolute Gasteiger partial charge is 0.497 e. The minimum absolute atomic E-state index is 0.283. The van der Waals surface area contributed by atoms with Gasteiger partial charge in [0.05, 0.1) is 26.9 Å². The molecule has 10 heteroatoms. The Hall–Kier alpha value is -2.94. The minimum atomic E-state index is -0.431. The number of fused-ring (bicyclic) bond motifs is 1. The van der Waals surface area contributed by atoms with Crippen molar-refractivity contribution in [3.63, 3.8) is 0 Å². The Morgan fingerprint density at radius 2 is 1.90 bits per heavy atom. The molecular weight excluding hydrogens is 459 g/mol. The number of amides is 1. The lowest BCUT2D eigenvalue weighted by Gasteiger charge is -2.10. The number of halogens is 2. The lowest BCUT2D eigenvalue weighted by Crippen LogP contribution is -2.30. The van der Waals surface area contributed by atoms with Crippen molar-refractivity contribution in [2.75, 3.05) is 12.4 Å². The molecule has 1 N–H and O–H groups in total. The molecule has 1 amide bonds. The summed E-state index contributed by atoms with van der Waals surface area (Å²) in [5.41, 5.74) is 1.68. The summed E-state index contributed by atoms with van der Waals surface area (Å²) in [5.74, 6) is 0.273. The first kappa shape index (κ1) is 21.3. The number of rotatable bonds is 5. The lowest BCUT2D eigenvalue weighted by molar-refractivity contribution is -0.117.